The molecule has 96 valence electrons. The molecule has 5 unspecified atom stereocenters. The first kappa shape index (κ1) is 14.0. The average molecular weight is 227 g/mol. The Morgan fingerprint density at radius 2 is 1.94 bits per heavy atom. The number of aliphatic hydroxyl groups excluding tert-OH is 1. The van der Waals surface area contributed by atoms with Gasteiger partial charge in [0.15, 0.2) is 0 Å². The van der Waals surface area contributed by atoms with E-state index in [9.17, 15) is 5.11 Å². The Morgan fingerprint density at radius 3 is 2.50 bits per heavy atom. The molecule has 1 rings (SSSR count). The normalized spacial score (nSPS) is 34.7. The van der Waals surface area contributed by atoms with E-state index in [2.05, 4.69) is 26.1 Å². The summed E-state index contributed by atoms with van der Waals surface area (Å²) < 4.78 is 0. The van der Waals surface area contributed by atoms with Gasteiger partial charge in [0.1, 0.15) is 0 Å². The van der Waals surface area contributed by atoms with Crippen LogP contribution < -0.4 is 5.32 Å². The van der Waals surface area contributed by atoms with Crippen LogP contribution in [0.5, 0.6) is 0 Å². The second-order valence-electron chi connectivity index (χ2n) is 6.10. The third-order valence-electron chi connectivity index (χ3n) is 3.90. The molecule has 2 heteroatoms. The molecule has 1 aliphatic carbocycles. The van der Waals surface area contributed by atoms with Gasteiger partial charge in [0, 0.05) is 6.04 Å². The van der Waals surface area contributed by atoms with Crippen molar-refractivity contribution in [1.82, 2.24) is 5.32 Å². The first-order valence-corrected chi connectivity index (χ1v) is 6.90. The number of rotatable bonds is 5. The predicted octanol–water partition coefficient (Wildman–Crippen LogP) is 2.81. The van der Waals surface area contributed by atoms with Crippen molar-refractivity contribution in [3.05, 3.63) is 0 Å². The molecule has 0 radical (unpaired) electrons. The molecule has 0 heterocycles. The molecule has 0 saturated heterocycles. The van der Waals surface area contributed by atoms with Crippen LogP contribution in [-0.4, -0.2) is 23.8 Å². The van der Waals surface area contributed by atoms with Crippen LogP contribution in [0.3, 0.4) is 0 Å². The molecular formula is C14H29NO. The Morgan fingerprint density at radius 1 is 1.25 bits per heavy atom. The number of hydrogen-bond acceptors (Lipinski definition) is 2. The van der Waals surface area contributed by atoms with Crippen LogP contribution in [0.25, 0.3) is 0 Å². The summed E-state index contributed by atoms with van der Waals surface area (Å²) in [6.07, 6.45) is 4.80. The van der Waals surface area contributed by atoms with Crippen LogP contribution in [0.4, 0.5) is 0 Å². The lowest BCUT2D eigenvalue weighted by atomic mass is 9.80. The van der Waals surface area contributed by atoms with Gasteiger partial charge in [-0.05, 0) is 56.9 Å². The molecule has 2 N–H and O–H groups in total. The molecule has 0 aromatic rings. The first-order chi connectivity index (χ1) is 7.49. The fourth-order valence-corrected chi connectivity index (χ4v) is 2.99. The molecule has 2 nitrogen and oxygen atoms in total. The lowest BCUT2D eigenvalue weighted by Gasteiger charge is -2.34. The summed E-state index contributed by atoms with van der Waals surface area (Å²) in [5.41, 5.74) is 0. The van der Waals surface area contributed by atoms with E-state index < -0.39 is 0 Å². The van der Waals surface area contributed by atoms with Crippen molar-refractivity contribution >= 4 is 0 Å². The van der Waals surface area contributed by atoms with Crippen LogP contribution in [0.15, 0.2) is 0 Å². The van der Waals surface area contributed by atoms with E-state index in [1.165, 1.54) is 19.3 Å². The number of aliphatic hydroxyl groups is 1. The molecule has 0 aliphatic heterocycles. The van der Waals surface area contributed by atoms with E-state index in [0.717, 1.165) is 24.8 Å². The summed E-state index contributed by atoms with van der Waals surface area (Å²) in [5, 5.41) is 13.0. The summed E-state index contributed by atoms with van der Waals surface area (Å²) in [7, 11) is 0. The molecule has 0 aromatic heterocycles. The second kappa shape index (κ2) is 6.61. The fourth-order valence-electron chi connectivity index (χ4n) is 2.99. The van der Waals surface area contributed by atoms with Crippen LogP contribution in [-0.2, 0) is 0 Å². The van der Waals surface area contributed by atoms with Crippen LogP contribution in [0.1, 0.15) is 53.4 Å². The molecule has 5 atom stereocenters. The Bertz CT molecular complexity index is 193. The molecule has 0 aromatic carbocycles. The third kappa shape index (κ3) is 4.84. The van der Waals surface area contributed by atoms with Crippen molar-refractivity contribution in [1.29, 1.82) is 0 Å². The zero-order chi connectivity index (χ0) is 12.1. The number of hydrogen-bond donors (Lipinski definition) is 2. The maximum absolute atomic E-state index is 9.32. The summed E-state index contributed by atoms with van der Waals surface area (Å²) in [4.78, 5) is 0. The molecule has 0 amide bonds. The van der Waals surface area contributed by atoms with Crippen LogP contribution >= 0.6 is 0 Å². The Kier molecular flexibility index (Phi) is 5.77. The zero-order valence-corrected chi connectivity index (χ0v) is 11.4. The Labute approximate surface area is 101 Å². The van der Waals surface area contributed by atoms with Gasteiger partial charge in [-0.15, -0.1) is 0 Å². The Balaban J connectivity index is 2.21. The van der Waals surface area contributed by atoms with E-state index in [0.29, 0.717) is 12.0 Å². The molecule has 1 aliphatic rings. The van der Waals surface area contributed by atoms with Gasteiger partial charge in [-0.25, -0.2) is 0 Å². The van der Waals surface area contributed by atoms with Crippen molar-refractivity contribution in [2.75, 3.05) is 6.54 Å². The monoisotopic (exact) mass is 227 g/mol. The van der Waals surface area contributed by atoms with Crippen LogP contribution in [0, 0.1) is 17.8 Å². The third-order valence-corrected chi connectivity index (χ3v) is 3.90. The highest BCUT2D eigenvalue weighted by Crippen LogP contribution is 2.28. The lowest BCUT2D eigenvalue weighted by Crippen LogP contribution is -2.41. The Hall–Kier alpha value is -0.0800. The molecule has 0 bridgehead atoms. The minimum absolute atomic E-state index is 0.166. The highest BCUT2D eigenvalue weighted by Gasteiger charge is 2.25. The van der Waals surface area contributed by atoms with E-state index in [-0.39, 0.29) is 6.10 Å². The SMILES string of the molecule is CC(O)CC(C)CNC1CCC(C)CC1C. The van der Waals surface area contributed by atoms with E-state index >= 15 is 0 Å². The maximum Gasteiger partial charge on any atom is 0.0515 e. The zero-order valence-electron chi connectivity index (χ0n) is 11.4. The maximum atomic E-state index is 9.32. The number of nitrogens with one attached hydrogen (secondary N) is 1. The van der Waals surface area contributed by atoms with Gasteiger partial charge < -0.3 is 10.4 Å². The van der Waals surface area contributed by atoms with Gasteiger partial charge in [0.05, 0.1) is 6.10 Å². The minimum Gasteiger partial charge on any atom is -0.393 e. The van der Waals surface area contributed by atoms with Gasteiger partial charge in [0.25, 0.3) is 0 Å². The second-order valence-corrected chi connectivity index (χ2v) is 6.10. The summed E-state index contributed by atoms with van der Waals surface area (Å²) >= 11 is 0. The summed E-state index contributed by atoms with van der Waals surface area (Å²) in [5.74, 6) is 2.29. The van der Waals surface area contributed by atoms with E-state index in [4.69, 9.17) is 0 Å². The van der Waals surface area contributed by atoms with Gasteiger partial charge in [-0.1, -0.05) is 20.8 Å². The van der Waals surface area contributed by atoms with Gasteiger partial charge >= 0.3 is 0 Å². The topological polar surface area (TPSA) is 32.3 Å². The van der Waals surface area contributed by atoms with Crippen molar-refractivity contribution < 1.29 is 5.11 Å². The van der Waals surface area contributed by atoms with Crippen molar-refractivity contribution in [3.63, 3.8) is 0 Å². The van der Waals surface area contributed by atoms with Crippen LogP contribution in [0.2, 0.25) is 0 Å². The fraction of sp³-hybridized carbons (Fsp3) is 1.00. The summed E-state index contributed by atoms with van der Waals surface area (Å²) in [6.45, 7) is 9.88. The highest BCUT2D eigenvalue weighted by molar-refractivity contribution is 4.81. The predicted molar refractivity (Wildman–Crippen MR) is 69.4 cm³/mol. The smallest absolute Gasteiger partial charge is 0.0515 e. The lowest BCUT2D eigenvalue weighted by molar-refractivity contribution is 0.157. The van der Waals surface area contributed by atoms with Gasteiger partial charge in [-0.2, -0.15) is 0 Å². The molecular weight excluding hydrogens is 198 g/mol. The highest BCUT2D eigenvalue weighted by atomic mass is 16.3. The molecule has 16 heavy (non-hydrogen) atoms. The first-order valence-electron chi connectivity index (χ1n) is 6.90. The average Bonchev–Trinajstić information content (AvgIpc) is 2.15. The molecule has 1 fully saturated rings. The summed E-state index contributed by atoms with van der Waals surface area (Å²) in [6, 6.07) is 0.702. The van der Waals surface area contributed by atoms with Gasteiger partial charge in [0.2, 0.25) is 0 Å². The quantitative estimate of drug-likeness (QED) is 0.757. The van der Waals surface area contributed by atoms with Crippen molar-refractivity contribution in [3.8, 4) is 0 Å². The minimum atomic E-state index is -0.166. The molecule has 0 spiro atoms. The molecule has 1 saturated carbocycles. The van der Waals surface area contributed by atoms with Crippen molar-refractivity contribution in [2.45, 2.75) is 65.5 Å². The van der Waals surface area contributed by atoms with E-state index in [1.807, 2.05) is 6.92 Å². The largest absolute Gasteiger partial charge is 0.393 e. The van der Waals surface area contributed by atoms with Crippen molar-refractivity contribution in [2.24, 2.45) is 17.8 Å². The van der Waals surface area contributed by atoms with Gasteiger partial charge in [-0.3, -0.25) is 0 Å². The standard InChI is InChI=1S/C14H29NO/c1-10-5-6-14(12(3)7-10)15-9-11(2)8-13(4)16/h10-16H,5-9H2,1-4H3. The van der Waals surface area contributed by atoms with E-state index in [1.54, 1.807) is 0 Å².